The Labute approximate surface area is 141 Å². The molecule has 0 aliphatic carbocycles. The van der Waals surface area contributed by atoms with Crippen LogP contribution >= 0.6 is 23.2 Å². The second-order valence-corrected chi connectivity index (χ2v) is 5.42. The molecule has 0 atom stereocenters. The van der Waals surface area contributed by atoms with Crippen molar-refractivity contribution >= 4 is 29.2 Å². The van der Waals surface area contributed by atoms with Crippen molar-refractivity contribution in [1.82, 2.24) is 10.1 Å². The molecule has 0 unspecified atom stereocenters. The number of aromatic nitrogens is 2. The van der Waals surface area contributed by atoms with Crippen LogP contribution in [-0.4, -0.2) is 16.1 Å². The van der Waals surface area contributed by atoms with E-state index >= 15 is 0 Å². The Hall–Kier alpha value is -2.37. The summed E-state index contributed by atoms with van der Waals surface area (Å²) in [6.07, 6.45) is 0. The second kappa shape index (κ2) is 6.81. The van der Waals surface area contributed by atoms with E-state index in [0.29, 0.717) is 15.9 Å². The summed E-state index contributed by atoms with van der Waals surface area (Å²) in [5, 5.41) is 4.78. The molecule has 0 fully saturated rings. The van der Waals surface area contributed by atoms with Crippen LogP contribution in [0.1, 0.15) is 16.2 Å². The highest BCUT2D eigenvalue weighted by Crippen LogP contribution is 2.20. The predicted octanol–water partition coefficient (Wildman–Crippen LogP) is 4.40. The van der Waals surface area contributed by atoms with Gasteiger partial charge in [-0.25, -0.2) is 4.79 Å². The molecule has 0 spiro atoms. The van der Waals surface area contributed by atoms with Crippen LogP contribution in [0.4, 0.5) is 0 Å². The van der Waals surface area contributed by atoms with Crippen LogP contribution in [0.25, 0.3) is 11.4 Å². The lowest BCUT2D eigenvalue weighted by Crippen LogP contribution is -2.06. The first-order valence-electron chi connectivity index (χ1n) is 6.63. The third-order valence-electron chi connectivity index (χ3n) is 2.99. The zero-order valence-electron chi connectivity index (χ0n) is 11.7. The first kappa shape index (κ1) is 15.5. The monoisotopic (exact) mass is 348 g/mol. The van der Waals surface area contributed by atoms with E-state index in [1.165, 1.54) is 0 Å². The van der Waals surface area contributed by atoms with Crippen molar-refractivity contribution in [2.75, 3.05) is 0 Å². The van der Waals surface area contributed by atoms with Crippen LogP contribution in [0.15, 0.2) is 53.1 Å². The highest BCUT2D eigenvalue weighted by Gasteiger charge is 2.14. The van der Waals surface area contributed by atoms with E-state index < -0.39 is 5.97 Å². The lowest BCUT2D eigenvalue weighted by atomic mass is 10.2. The largest absolute Gasteiger partial charge is 0.452 e. The number of rotatable bonds is 4. The SMILES string of the molecule is O=C(OCc1nc(-c2ccc(Cl)cc2)no1)c1ccccc1Cl. The van der Waals surface area contributed by atoms with Crippen molar-refractivity contribution in [3.05, 3.63) is 70.0 Å². The Balaban J connectivity index is 1.67. The summed E-state index contributed by atoms with van der Waals surface area (Å²) in [6, 6.07) is 13.6. The molecule has 5 nitrogen and oxygen atoms in total. The van der Waals surface area contributed by atoms with Crippen LogP contribution in [-0.2, 0) is 11.3 Å². The Morgan fingerprint density at radius 2 is 1.83 bits per heavy atom. The van der Waals surface area contributed by atoms with Crippen LogP contribution in [0.2, 0.25) is 10.0 Å². The normalized spacial score (nSPS) is 10.5. The number of ether oxygens (including phenoxy) is 1. The molecule has 0 radical (unpaired) electrons. The molecule has 0 saturated carbocycles. The quantitative estimate of drug-likeness (QED) is 0.653. The highest BCUT2D eigenvalue weighted by atomic mass is 35.5. The van der Waals surface area contributed by atoms with E-state index in [0.717, 1.165) is 5.56 Å². The summed E-state index contributed by atoms with van der Waals surface area (Å²) in [5.41, 5.74) is 1.04. The van der Waals surface area contributed by atoms with Gasteiger partial charge in [0.15, 0.2) is 6.61 Å². The van der Waals surface area contributed by atoms with Gasteiger partial charge in [-0.3, -0.25) is 0 Å². The van der Waals surface area contributed by atoms with Crippen molar-refractivity contribution in [3.63, 3.8) is 0 Å². The fourth-order valence-electron chi connectivity index (χ4n) is 1.86. The molecule has 23 heavy (non-hydrogen) atoms. The van der Waals surface area contributed by atoms with Gasteiger partial charge >= 0.3 is 5.97 Å². The third-order valence-corrected chi connectivity index (χ3v) is 3.57. The Bertz CT molecular complexity index is 831. The first-order chi connectivity index (χ1) is 11.1. The Morgan fingerprint density at radius 3 is 2.57 bits per heavy atom. The van der Waals surface area contributed by atoms with Gasteiger partial charge in [-0.1, -0.05) is 40.5 Å². The molecule has 116 valence electrons. The fourth-order valence-corrected chi connectivity index (χ4v) is 2.20. The Kier molecular flexibility index (Phi) is 4.60. The van der Waals surface area contributed by atoms with Gasteiger partial charge in [-0.2, -0.15) is 4.98 Å². The van der Waals surface area contributed by atoms with Gasteiger partial charge in [0.1, 0.15) is 0 Å². The van der Waals surface area contributed by atoms with Gasteiger partial charge < -0.3 is 9.26 Å². The second-order valence-electron chi connectivity index (χ2n) is 4.57. The number of nitrogens with zero attached hydrogens (tertiary/aromatic N) is 2. The maximum Gasteiger partial charge on any atom is 0.340 e. The van der Waals surface area contributed by atoms with Crippen LogP contribution in [0.5, 0.6) is 0 Å². The zero-order valence-corrected chi connectivity index (χ0v) is 13.2. The van der Waals surface area contributed by atoms with E-state index in [-0.39, 0.29) is 18.1 Å². The first-order valence-corrected chi connectivity index (χ1v) is 7.39. The minimum Gasteiger partial charge on any atom is -0.452 e. The minimum atomic E-state index is -0.554. The molecule has 0 N–H and O–H groups in total. The summed E-state index contributed by atoms with van der Waals surface area (Å²) in [7, 11) is 0. The summed E-state index contributed by atoms with van der Waals surface area (Å²) >= 11 is 11.8. The number of carbonyl (C=O) groups is 1. The summed E-state index contributed by atoms with van der Waals surface area (Å²) < 4.78 is 10.2. The summed E-state index contributed by atoms with van der Waals surface area (Å²) in [6.45, 7) is -0.134. The van der Waals surface area contributed by atoms with Crippen LogP contribution in [0, 0.1) is 0 Å². The maximum absolute atomic E-state index is 11.9. The molecule has 2 aromatic carbocycles. The van der Waals surface area contributed by atoms with Gasteiger partial charge in [-0.15, -0.1) is 0 Å². The molecule has 1 aromatic heterocycles. The van der Waals surface area contributed by atoms with Crippen molar-refractivity contribution in [2.45, 2.75) is 6.61 Å². The van der Waals surface area contributed by atoms with E-state index in [1.807, 2.05) is 0 Å². The molecule has 0 aliphatic rings. The van der Waals surface area contributed by atoms with Crippen molar-refractivity contribution in [1.29, 1.82) is 0 Å². The maximum atomic E-state index is 11.9. The number of hydrogen-bond acceptors (Lipinski definition) is 5. The number of esters is 1. The van der Waals surface area contributed by atoms with Gasteiger partial charge in [-0.05, 0) is 36.4 Å². The number of benzene rings is 2. The molecular weight excluding hydrogens is 339 g/mol. The van der Waals surface area contributed by atoms with Gasteiger partial charge in [0, 0.05) is 10.6 Å². The van der Waals surface area contributed by atoms with Crippen molar-refractivity contribution in [2.24, 2.45) is 0 Å². The number of halogens is 2. The standard InChI is InChI=1S/C16H10Cl2N2O3/c17-11-7-5-10(6-8-11)15-19-14(23-20-15)9-22-16(21)12-3-1-2-4-13(12)18/h1-8H,9H2. The molecule has 0 saturated heterocycles. The molecule has 0 amide bonds. The zero-order chi connectivity index (χ0) is 16.2. The smallest absolute Gasteiger partial charge is 0.340 e. The number of hydrogen-bond donors (Lipinski definition) is 0. The fraction of sp³-hybridized carbons (Fsp3) is 0.0625. The van der Waals surface area contributed by atoms with Gasteiger partial charge in [0.05, 0.1) is 10.6 Å². The van der Waals surface area contributed by atoms with Gasteiger partial charge in [0.2, 0.25) is 5.82 Å². The van der Waals surface area contributed by atoms with E-state index in [4.69, 9.17) is 32.5 Å². The minimum absolute atomic E-state index is 0.134. The highest BCUT2D eigenvalue weighted by molar-refractivity contribution is 6.33. The molecule has 3 rings (SSSR count). The molecule has 3 aromatic rings. The molecular formula is C16H10Cl2N2O3. The summed E-state index contributed by atoms with van der Waals surface area (Å²) in [5.74, 6) is 0.0302. The molecule has 0 aliphatic heterocycles. The van der Waals surface area contributed by atoms with E-state index in [2.05, 4.69) is 10.1 Å². The lowest BCUT2D eigenvalue weighted by Gasteiger charge is -2.03. The average Bonchev–Trinajstić information content (AvgIpc) is 3.03. The Morgan fingerprint density at radius 1 is 1.09 bits per heavy atom. The van der Waals surface area contributed by atoms with Crippen molar-refractivity contribution < 1.29 is 14.1 Å². The number of carbonyl (C=O) groups excluding carboxylic acids is 1. The van der Waals surface area contributed by atoms with E-state index in [1.54, 1.807) is 48.5 Å². The van der Waals surface area contributed by atoms with E-state index in [9.17, 15) is 4.79 Å². The van der Waals surface area contributed by atoms with Crippen LogP contribution < -0.4 is 0 Å². The molecule has 0 bridgehead atoms. The van der Waals surface area contributed by atoms with Crippen molar-refractivity contribution in [3.8, 4) is 11.4 Å². The molecule has 1 heterocycles. The predicted molar refractivity (Wildman–Crippen MR) is 85.3 cm³/mol. The third kappa shape index (κ3) is 3.70. The molecule has 7 heteroatoms. The van der Waals surface area contributed by atoms with Gasteiger partial charge in [0.25, 0.3) is 5.89 Å². The van der Waals surface area contributed by atoms with Crippen LogP contribution in [0.3, 0.4) is 0 Å². The summed E-state index contributed by atoms with van der Waals surface area (Å²) in [4.78, 5) is 16.1. The topological polar surface area (TPSA) is 65.2 Å². The lowest BCUT2D eigenvalue weighted by molar-refractivity contribution is 0.0430. The average molecular weight is 349 g/mol.